The van der Waals surface area contributed by atoms with E-state index in [0.29, 0.717) is 16.3 Å². The zero-order valence-corrected chi connectivity index (χ0v) is 22.8. The number of para-hydroxylation sites is 1. The molecule has 2 aromatic carbocycles. The lowest BCUT2D eigenvalue weighted by Gasteiger charge is -2.34. The molecule has 2 atom stereocenters. The number of carbonyl (C=O) groups is 3. The third kappa shape index (κ3) is 8.18. The van der Waals surface area contributed by atoms with Gasteiger partial charge in [0.1, 0.15) is 17.7 Å². The number of ether oxygens (including phenoxy) is 1. The summed E-state index contributed by atoms with van der Waals surface area (Å²) in [4.78, 5) is 40.9. The molecule has 0 spiro atoms. The van der Waals surface area contributed by atoms with Crippen LogP contribution in [-0.4, -0.2) is 64.4 Å². The van der Waals surface area contributed by atoms with Crippen molar-refractivity contribution in [3.8, 4) is 0 Å². The van der Waals surface area contributed by atoms with Gasteiger partial charge in [0, 0.05) is 6.54 Å². The van der Waals surface area contributed by atoms with Crippen LogP contribution in [0.4, 0.5) is 10.5 Å². The fourth-order valence-electron chi connectivity index (χ4n) is 3.87. The highest BCUT2D eigenvalue weighted by atomic mass is 35.5. The highest BCUT2D eigenvalue weighted by Crippen LogP contribution is 2.30. The molecule has 0 bridgehead atoms. The van der Waals surface area contributed by atoms with Gasteiger partial charge >= 0.3 is 6.09 Å². The van der Waals surface area contributed by atoms with Crippen molar-refractivity contribution >= 4 is 35.2 Å². The summed E-state index contributed by atoms with van der Waals surface area (Å²) in [5, 5.41) is 25.3. The van der Waals surface area contributed by atoms with Crippen molar-refractivity contribution in [1.82, 2.24) is 10.2 Å². The molecular weight excluding hydrogens is 498 g/mol. The van der Waals surface area contributed by atoms with Crippen molar-refractivity contribution in [2.45, 2.75) is 59.2 Å². The van der Waals surface area contributed by atoms with Crippen molar-refractivity contribution < 1.29 is 29.3 Å². The van der Waals surface area contributed by atoms with Crippen LogP contribution in [0.25, 0.3) is 0 Å². The molecule has 0 saturated heterocycles. The SMILES string of the molecule is Cc1ccc(C(C(=O)Nc2c(C)cccc2Cl)N(CCO)C(=O)C(CO)NC(=O)OC(C)(C)C)c(C)c1. The highest BCUT2D eigenvalue weighted by molar-refractivity contribution is 6.34. The fraction of sp³-hybridized carbons (Fsp3) is 0.444. The molecule has 3 amide bonds. The van der Waals surface area contributed by atoms with Crippen LogP contribution in [-0.2, 0) is 14.3 Å². The number of benzene rings is 2. The van der Waals surface area contributed by atoms with Crippen LogP contribution in [0.2, 0.25) is 5.02 Å². The van der Waals surface area contributed by atoms with Crippen molar-refractivity contribution in [2.24, 2.45) is 0 Å². The molecule has 0 radical (unpaired) electrons. The normalized spacial score (nSPS) is 12.9. The molecule has 202 valence electrons. The van der Waals surface area contributed by atoms with Crippen molar-refractivity contribution in [3.63, 3.8) is 0 Å². The number of aryl methyl sites for hydroxylation is 3. The molecule has 0 aliphatic rings. The molecular formula is C27H36ClN3O6. The molecule has 0 heterocycles. The molecule has 0 fully saturated rings. The molecule has 4 N–H and O–H groups in total. The number of hydrogen-bond donors (Lipinski definition) is 4. The lowest BCUT2D eigenvalue weighted by Crippen LogP contribution is -2.54. The maximum Gasteiger partial charge on any atom is 0.408 e. The fourth-order valence-corrected chi connectivity index (χ4v) is 4.14. The van der Waals surface area contributed by atoms with Gasteiger partial charge in [0.2, 0.25) is 5.91 Å². The van der Waals surface area contributed by atoms with Gasteiger partial charge in [-0.2, -0.15) is 0 Å². The number of aliphatic hydroxyl groups is 2. The number of carbonyl (C=O) groups excluding carboxylic acids is 3. The number of halogens is 1. The van der Waals surface area contributed by atoms with E-state index in [4.69, 9.17) is 16.3 Å². The topological polar surface area (TPSA) is 128 Å². The van der Waals surface area contributed by atoms with Gasteiger partial charge in [0.15, 0.2) is 0 Å². The van der Waals surface area contributed by atoms with Gasteiger partial charge in [-0.05, 0) is 64.3 Å². The van der Waals surface area contributed by atoms with E-state index >= 15 is 0 Å². The summed E-state index contributed by atoms with van der Waals surface area (Å²) in [5.74, 6) is -1.34. The first kappa shape index (κ1) is 30.1. The number of anilines is 1. The largest absolute Gasteiger partial charge is 0.444 e. The van der Waals surface area contributed by atoms with Gasteiger partial charge in [0.25, 0.3) is 5.91 Å². The Morgan fingerprint density at radius 2 is 1.73 bits per heavy atom. The Labute approximate surface area is 222 Å². The number of alkyl carbamates (subject to hydrolysis) is 1. The second-order valence-electron chi connectivity index (χ2n) is 9.82. The van der Waals surface area contributed by atoms with E-state index in [-0.39, 0.29) is 6.54 Å². The van der Waals surface area contributed by atoms with E-state index < -0.39 is 48.8 Å². The molecule has 0 saturated carbocycles. The van der Waals surface area contributed by atoms with E-state index in [2.05, 4.69) is 10.6 Å². The first-order chi connectivity index (χ1) is 17.3. The zero-order valence-electron chi connectivity index (χ0n) is 22.1. The second kappa shape index (κ2) is 12.9. The number of aliphatic hydroxyl groups excluding tert-OH is 2. The van der Waals surface area contributed by atoms with E-state index in [0.717, 1.165) is 21.6 Å². The third-order valence-corrected chi connectivity index (χ3v) is 5.86. The molecule has 10 heteroatoms. The minimum absolute atomic E-state index is 0.238. The minimum atomic E-state index is -1.41. The van der Waals surface area contributed by atoms with Gasteiger partial charge in [-0.3, -0.25) is 9.59 Å². The Kier molecular flexibility index (Phi) is 10.5. The molecule has 2 rings (SSSR count). The smallest absolute Gasteiger partial charge is 0.408 e. The molecule has 0 aliphatic heterocycles. The van der Waals surface area contributed by atoms with Crippen LogP contribution >= 0.6 is 11.6 Å². The summed E-state index contributed by atoms with van der Waals surface area (Å²) in [6.07, 6.45) is -0.900. The number of nitrogens with one attached hydrogen (secondary N) is 2. The van der Waals surface area contributed by atoms with E-state index in [1.54, 1.807) is 52.0 Å². The van der Waals surface area contributed by atoms with Gasteiger partial charge < -0.3 is 30.5 Å². The molecule has 37 heavy (non-hydrogen) atoms. The Morgan fingerprint density at radius 3 is 2.27 bits per heavy atom. The monoisotopic (exact) mass is 533 g/mol. The number of amides is 3. The molecule has 0 aliphatic carbocycles. The Morgan fingerprint density at radius 1 is 1.05 bits per heavy atom. The lowest BCUT2D eigenvalue weighted by atomic mass is 9.96. The van der Waals surface area contributed by atoms with Crippen molar-refractivity contribution in [2.75, 3.05) is 25.1 Å². The Hall–Kier alpha value is -3.14. The van der Waals surface area contributed by atoms with Crippen LogP contribution in [0.5, 0.6) is 0 Å². The number of rotatable bonds is 9. The quantitative estimate of drug-likeness (QED) is 0.389. The van der Waals surface area contributed by atoms with Gasteiger partial charge in [0.05, 0.1) is 23.9 Å². The first-order valence-electron chi connectivity index (χ1n) is 11.9. The zero-order chi connectivity index (χ0) is 27.9. The minimum Gasteiger partial charge on any atom is -0.444 e. The first-order valence-corrected chi connectivity index (χ1v) is 12.3. The summed E-state index contributed by atoms with van der Waals surface area (Å²) in [5.41, 5.74) is 2.51. The van der Waals surface area contributed by atoms with E-state index in [1.165, 1.54) is 0 Å². The highest BCUT2D eigenvalue weighted by Gasteiger charge is 2.37. The average molecular weight is 534 g/mol. The van der Waals surface area contributed by atoms with Crippen LogP contribution in [0.3, 0.4) is 0 Å². The number of nitrogens with zero attached hydrogens (tertiary/aromatic N) is 1. The molecule has 2 unspecified atom stereocenters. The summed E-state index contributed by atoms with van der Waals surface area (Å²) in [6, 6.07) is 7.99. The third-order valence-electron chi connectivity index (χ3n) is 5.55. The summed E-state index contributed by atoms with van der Waals surface area (Å²) in [6.45, 7) is 9.05. The van der Waals surface area contributed by atoms with Crippen LogP contribution in [0.1, 0.15) is 49.1 Å². The molecule has 0 aromatic heterocycles. The van der Waals surface area contributed by atoms with Gasteiger partial charge in [-0.1, -0.05) is 47.5 Å². The maximum absolute atomic E-state index is 13.8. The van der Waals surface area contributed by atoms with Crippen molar-refractivity contribution in [3.05, 3.63) is 63.7 Å². The predicted molar refractivity (Wildman–Crippen MR) is 143 cm³/mol. The van der Waals surface area contributed by atoms with Crippen molar-refractivity contribution in [1.29, 1.82) is 0 Å². The average Bonchev–Trinajstić information content (AvgIpc) is 2.79. The lowest BCUT2D eigenvalue weighted by molar-refractivity contribution is -0.142. The summed E-state index contributed by atoms with van der Waals surface area (Å²) < 4.78 is 5.21. The number of hydrogen-bond acceptors (Lipinski definition) is 6. The maximum atomic E-state index is 13.8. The van der Waals surface area contributed by atoms with Crippen LogP contribution in [0, 0.1) is 20.8 Å². The second-order valence-corrected chi connectivity index (χ2v) is 10.2. The summed E-state index contributed by atoms with van der Waals surface area (Å²) in [7, 11) is 0. The van der Waals surface area contributed by atoms with E-state index in [9.17, 15) is 24.6 Å². The Bertz CT molecular complexity index is 1110. The Balaban J connectivity index is 2.53. The van der Waals surface area contributed by atoms with Crippen LogP contribution < -0.4 is 10.6 Å². The predicted octanol–water partition coefficient (Wildman–Crippen LogP) is 3.65. The van der Waals surface area contributed by atoms with Gasteiger partial charge in [-0.15, -0.1) is 0 Å². The van der Waals surface area contributed by atoms with Gasteiger partial charge in [-0.25, -0.2) is 4.79 Å². The molecule has 9 nitrogen and oxygen atoms in total. The molecule has 2 aromatic rings. The standard InChI is InChI=1S/C27H36ClN3O6/c1-16-10-11-19(18(3)14-16)23(24(34)30-22-17(2)8-7-9-20(22)28)31(12-13-32)25(35)21(15-33)29-26(36)37-27(4,5)6/h7-11,14,21,23,32-33H,12-13,15H2,1-6H3,(H,29,36)(H,30,34). The summed E-state index contributed by atoms with van der Waals surface area (Å²) >= 11 is 6.33. The van der Waals surface area contributed by atoms with E-state index in [1.807, 2.05) is 26.0 Å². The van der Waals surface area contributed by atoms with Crippen LogP contribution in [0.15, 0.2) is 36.4 Å².